The number of carboxylic acids is 1. The van der Waals surface area contributed by atoms with Gasteiger partial charge in [0.2, 0.25) is 0 Å². The van der Waals surface area contributed by atoms with Crippen LogP contribution in [0.4, 0.5) is 0 Å². The van der Waals surface area contributed by atoms with E-state index in [1.54, 1.807) is 11.8 Å². The number of aliphatic carboxylic acids is 1. The van der Waals surface area contributed by atoms with Gasteiger partial charge >= 0.3 is 5.97 Å². The summed E-state index contributed by atoms with van der Waals surface area (Å²) < 4.78 is 0. The van der Waals surface area contributed by atoms with E-state index in [2.05, 4.69) is 4.90 Å². The molecule has 21 heavy (non-hydrogen) atoms. The molecule has 1 N–H and O–H groups in total. The van der Waals surface area contributed by atoms with Crippen LogP contribution >= 0.6 is 23.4 Å². The number of carboxylic acid groups (broad SMARTS) is 1. The maximum absolute atomic E-state index is 11.6. The third-order valence-electron chi connectivity index (χ3n) is 4.86. The zero-order chi connectivity index (χ0) is 14.9. The fourth-order valence-corrected chi connectivity index (χ4v) is 4.78. The minimum Gasteiger partial charge on any atom is -0.481 e. The first-order valence-corrected chi connectivity index (χ1v) is 8.81. The van der Waals surface area contributed by atoms with Crippen LogP contribution in [0.15, 0.2) is 29.2 Å². The summed E-state index contributed by atoms with van der Waals surface area (Å²) in [5, 5.41) is 10.3. The van der Waals surface area contributed by atoms with E-state index in [1.807, 2.05) is 24.3 Å². The second-order valence-corrected chi connectivity index (χ2v) is 7.69. The molecule has 0 bridgehead atoms. The summed E-state index contributed by atoms with van der Waals surface area (Å²) in [7, 11) is 0. The lowest BCUT2D eigenvalue weighted by Crippen LogP contribution is -2.36. The van der Waals surface area contributed by atoms with Gasteiger partial charge in [-0.15, -0.1) is 11.8 Å². The molecular weight excluding hydrogens is 306 g/mol. The van der Waals surface area contributed by atoms with E-state index in [4.69, 9.17) is 11.6 Å². The normalized spacial score (nSPS) is 28.7. The maximum atomic E-state index is 11.6. The summed E-state index contributed by atoms with van der Waals surface area (Å²) in [6.45, 7) is 2.64. The van der Waals surface area contributed by atoms with Gasteiger partial charge in [0, 0.05) is 35.3 Å². The number of hydrogen-bond donors (Lipinski definition) is 1. The largest absolute Gasteiger partial charge is 0.481 e. The SMILES string of the molecule is O=C(O)[C@@]12CCC[C@H]1CN(CCSc1ccc(Cl)cc1)C2. The van der Waals surface area contributed by atoms with E-state index in [-0.39, 0.29) is 0 Å². The monoisotopic (exact) mass is 325 g/mol. The van der Waals surface area contributed by atoms with Gasteiger partial charge < -0.3 is 10.0 Å². The van der Waals surface area contributed by atoms with Crippen molar-refractivity contribution in [2.24, 2.45) is 11.3 Å². The van der Waals surface area contributed by atoms with Crippen molar-refractivity contribution in [2.45, 2.75) is 24.2 Å². The van der Waals surface area contributed by atoms with Crippen molar-refractivity contribution in [3.8, 4) is 0 Å². The molecular formula is C16H20ClNO2S. The molecule has 0 amide bonds. The third kappa shape index (κ3) is 3.08. The lowest BCUT2D eigenvalue weighted by atomic mass is 9.81. The Labute approximate surface area is 134 Å². The molecule has 2 fully saturated rings. The Balaban J connectivity index is 1.51. The van der Waals surface area contributed by atoms with Gasteiger partial charge in [-0.25, -0.2) is 0 Å². The predicted octanol–water partition coefficient (Wildman–Crippen LogP) is 3.62. The Kier molecular flexibility index (Phi) is 4.48. The zero-order valence-electron chi connectivity index (χ0n) is 11.9. The molecule has 1 saturated carbocycles. The first-order valence-electron chi connectivity index (χ1n) is 7.44. The summed E-state index contributed by atoms with van der Waals surface area (Å²) in [5.41, 5.74) is -0.453. The number of thioether (sulfide) groups is 1. The average Bonchev–Trinajstić information content (AvgIpc) is 2.98. The molecule has 0 aromatic heterocycles. The Morgan fingerprint density at radius 1 is 1.43 bits per heavy atom. The van der Waals surface area contributed by atoms with Crippen LogP contribution in [0, 0.1) is 11.3 Å². The molecule has 1 aromatic rings. The van der Waals surface area contributed by atoms with Crippen molar-refractivity contribution in [1.82, 2.24) is 4.90 Å². The van der Waals surface area contributed by atoms with E-state index < -0.39 is 11.4 Å². The summed E-state index contributed by atoms with van der Waals surface area (Å²) in [6.07, 6.45) is 3.01. The molecule has 0 unspecified atom stereocenters. The predicted molar refractivity (Wildman–Crippen MR) is 86.0 cm³/mol. The van der Waals surface area contributed by atoms with Crippen LogP contribution in [-0.2, 0) is 4.79 Å². The quantitative estimate of drug-likeness (QED) is 0.839. The molecule has 1 saturated heterocycles. The minimum absolute atomic E-state index is 0.357. The third-order valence-corrected chi connectivity index (χ3v) is 6.10. The van der Waals surface area contributed by atoms with E-state index in [1.165, 1.54) is 4.90 Å². The first kappa shape index (κ1) is 15.2. The summed E-state index contributed by atoms with van der Waals surface area (Å²) in [6, 6.07) is 7.88. The summed E-state index contributed by atoms with van der Waals surface area (Å²) in [4.78, 5) is 15.2. The van der Waals surface area contributed by atoms with E-state index in [9.17, 15) is 9.90 Å². The number of rotatable bonds is 5. The van der Waals surface area contributed by atoms with Gasteiger partial charge in [0.25, 0.3) is 0 Å². The molecule has 1 aromatic carbocycles. The summed E-state index contributed by atoms with van der Waals surface area (Å²) >= 11 is 7.68. The van der Waals surface area contributed by atoms with Crippen LogP contribution in [0.3, 0.4) is 0 Å². The molecule has 1 aliphatic heterocycles. The highest BCUT2D eigenvalue weighted by Crippen LogP contribution is 2.48. The maximum Gasteiger partial charge on any atom is 0.311 e. The Morgan fingerprint density at radius 2 is 2.19 bits per heavy atom. The first-order chi connectivity index (χ1) is 10.1. The van der Waals surface area contributed by atoms with Crippen LogP contribution in [0.25, 0.3) is 0 Å². The van der Waals surface area contributed by atoms with Gasteiger partial charge in [-0.1, -0.05) is 18.0 Å². The molecule has 2 aliphatic rings. The van der Waals surface area contributed by atoms with Crippen LogP contribution < -0.4 is 0 Å². The average molecular weight is 326 g/mol. The second kappa shape index (κ2) is 6.19. The van der Waals surface area contributed by atoms with Crippen LogP contribution in [0.1, 0.15) is 19.3 Å². The highest BCUT2D eigenvalue weighted by molar-refractivity contribution is 7.99. The topological polar surface area (TPSA) is 40.5 Å². The molecule has 3 nitrogen and oxygen atoms in total. The van der Waals surface area contributed by atoms with E-state index >= 15 is 0 Å². The number of hydrogen-bond acceptors (Lipinski definition) is 3. The Morgan fingerprint density at radius 3 is 2.86 bits per heavy atom. The number of carbonyl (C=O) groups is 1. The number of likely N-dealkylation sites (tertiary alicyclic amines) is 1. The van der Waals surface area contributed by atoms with E-state index in [0.29, 0.717) is 5.92 Å². The Bertz CT molecular complexity index is 522. The van der Waals surface area contributed by atoms with Gasteiger partial charge in [-0.05, 0) is 43.0 Å². The van der Waals surface area contributed by atoms with Crippen LogP contribution in [0.2, 0.25) is 5.02 Å². The Hall–Kier alpha value is -0.710. The van der Waals surface area contributed by atoms with Crippen LogP contribution in [-0.4, -0.2) is 41.4 Å². The minimum atomic E-state index is -0.585. The van der Waals surface area contributed by atoms with Gasteiger partial charge in [0.15, 0.2) is 0 Å². The van der Waals surface area contributed by atoms with Gasteiger partial charge in [-0.2, -0.15) is 0 Å². The van der Waals surface area contributed by atoms with E-state index in [0.717, 1.165) is 49.7 Å². The van der Waals surface area contributed by atoms with Crippen molar-refractivity contribution < 1.29 is 9.90 Å². The van der Waals surface area contributed by atoms with Crippen molar-refractivity contribution in [2.75, 3.05) is 25.4 Å². The van der Waals surface area contributed by atoms with Crippen molar-refractivity contribution >= 4 is 29.3 Å². The van der Waals surface area contributed by atoms with Crippen molar-refractivity contribution in [3.05, 3.63) is 29.3 Å². The number of nitrogens with zero attached hydrogens (tertiary/aromatic N) is 1. The molecule has 0 spiro atoms. The lowest BCUT2D eigenvalue weighted by molar-refractivity contribution is -0.149. The zero-order valence-corrected chi connectivity index (χ0v) is 13.5. The van der Waals surface area contributed by atoms with Crippen molar-refractivity contribution in [1.29, 1.82) is 0 Å². The van der Waals surface area contributed by atoms with Crippen molar-refractivity contribution in [3.63, 3.8) is 0 Å². The molecule has 5 heteroatoms. The van der Waals surface area contributed by atoms with Gasteiger partial charge in [-0.3, -0.25) is 4.79 Å². The number of benzene rings is 1. The number of halogens is 1. The fraction of sp³-hybridized carbons (Fsp3) is 0.562. The molecule has 1 heterocycles. The fourth-order valence-electron chi connectivity index (χ4n) is 3.74. The highest BCUT2D eigenvalue weighted by Gasteiger charge is 2.54. The molecule has 0 radical (unpaired) electrons. The molecule has 2 atom stereocenters. The molecule has 114 valence electrons. The molecule has 3 rings (SSSR count). The lowest BCUT2D eigenvalue weighted by Gasteiger charge is -2.23. The van der Waals surface area contributed by atoms with Gasteiger partial charge in [0.1, 0.15) is 0 Å². The highest BCUT2D eigenvalue weighted by atomic mass is 35.5. The van der Waals surface area contributed by atoms with Crippen LogP contribution in [0.5, 0.6) is 0 Å². The van der Waals surface area contributed by atoms with Gasteiger partial charge in [0.05, 0.1) is 5.41 Å². The number of fused-ring (bicyclic) bond motifs is 1. The summed E-state index contributed by atoms with van der Waals surface area (Å²) in [5.74, 6) is 0.762. The standard InChI is InChI=1S/C16H20ClNO2S/c17-13-3-5-14(6-4-13)21-9-8-18-10-12-2-1-7-16(12,11-18)15(19)20/h3-6,12H,1-2,7-11H2,(H,19,20)/t12-,16+/m0/s1. The second-order valence-electron chi connectivity index (χ2n) is 6.09. The molecule has 1 aliphatic carbocycles. The smallest absolute Gasteiger partial charge is 0.311 e.